The molecule has 2 fully saturated rings. The van der Waals surface area contributed by atoms with Gasteiger partial charge in [0.25, 0.3) is 0 Å². The van der Waals surface area contributed by atoms with Crippen LogP contribution in [0.3, 0.4) is 0 Å². The third-order valence-electron chi connectivity index (χ3n) is 4.66. The lowest BCUT2D eigenvalue weighted by atomic mass is 9.81. The maximum absolute atomic E-state index is 12.8. The predicted octanol–water partition coefficient (Wildman–Crippen LogP) is 1.53. The van der Waals surface area contributed by atoms with Crippen LogP contribution in [0.4, 0.5) is 0 Å². The quantitative estimate of drug-likeness (QED) is 0.831. The molecule has 1 aliphatic heterocycles. The van der Waals surface area contributed by atoms with Crippen LogP contribution in [0.1, 0.15) is 46.0 Å². The van der Waals surface area contributed by atoms with Gasteiger partial charge < -0.3 is 15.4 Å². The lowest BCUT2D eigenvalue weighted by Crippen LogP contribution is -2.54. The average Bonchev–Trinajstić information content (AvgIpc) is 2.88. The minimum Gasteiger partial charge on any atom is -0.373 e. The first-order valence-corrected chi connectivity index (χ1v) is 7.25. The van der Waals surface area contributed by atoms with Crippen LogP contribution in [0.15, 0.2) is 0 Å². The van der Waals surface area contributed by atoms with Crippen molar-refractivity contribution in [2.45, 2.75) is 58.1 Å². The van der Waals surface area contributed by atoms with Gasteiger partial charge in [-0.25, -0.2) is 0 Å². The Bertz CT molecular complexity index is 298. The fraction of sp³-hybridized carbons (Fsp3) is 0.929. The van der Waals surface area contributed by atoms with Crippen molar-refractivity contribution >= 4 is 5.91 Å². The van der Waals surface area contributed by atoms with E-state index in [1.165, 1.54) is 12.8 Å². The minimum absolute atomic E-state index is 0.00184. The Morgan fingerprint density at radius 1 is 1.50 bits per heavy atom. The molecule has 0 aromatic rings. The number of amides is 1. The van der Waals surface area contributed by atoms with Gasteiger partial charge in [-0.05, 0) is 26.2 Å². The van der Waals surface area contributed by atoms with Crippen LogP contribution in [-0.4, -0.2) is 42.6 Å². The highest BCUT2D eigenvalue weighted by molar-refractivity contribution is 5.83. The van der Waals surface area contributed by atoms with Gasteiger partial charge in [-0.1, -0.05) is 19.8 Å². The Hall–Kier alpha value is -0.610. The van der Waals surface area contributed by atoms with Crippen LogP contribution >= 0.6 is 0 Å². The molecule has 4 nitrogen and oxygen atoms in total. The molecule has 0 aromatic heterocycles. The molecule has 2 aliphatic rings. The van der Waals surface area contributed by atoms with Crippen LogP contribution in [0.2, 0.25) is 0 Å². The normalized spacial score (nSPS) is 29.3. The first-order valence-electron chi connectivity index (χ1n) is 7.25. The zero-order valence-corrected chi connectivity index (χ0v) is 11.7. The fourth-order valence-corrected chi connectivity index (χ4v) is 3.28. The van der Waals surface area contributed by atoms with Gasteiger partial charge in [-0.2, -0.15) is 0 Å². The molecule has 0 aromatic carbocycles. The van der Waals surface area contributed by atoms with Gasteiger partial charge in [0.05, 0.1) is 12.7 Å². The van der Waals surface area contributed by atoms with Crippen molar-refractivity contribution in [3.8, 4) is 0 Å². The topological polar surface area (TPSA) is 55.6 Å². The number of carbonyl (C=O) groups is 1. The van der Waals surface area contributed by atoms with Crippen molar-refractivity contribution in [3.63, 3.8) is 0 Å². The number of hydrogen-bond donors (Lipinski definition) is 1. The summed E-state index contributed by atoms with van der Waals surface area (Å²) in [6, 6.07) is -0.0123. The smallest absolute Gasteiger partial charge is 0.228 e. The highest BCUT2D eigenvalue weighted by Crippen LogP contribution is 2.42. The summed E-state index contributed by atoms with van der Waals surface area (Å²) < 4.78 is 5.63. The van der Waals surface area contributed by atoms with Crippen molar-refractivity contribution < 1.29 is 9.53 Å². The predicted molar refractivity (Wildman–Crippen MR) is 71.2 cm³/mol. The summed E-state index contributed by atoms with van der Waals surface area (Å²) >= 11 is 0. The van der Waals surface area contributed by atoms with E-state index < -0.39 is 0 Å². The minimum atomic E-state index is -0.0836. The van der Waals surface area contributed by atoms with E-state index in [0.29, 0.717) is 19.1 Å². The molecule has 2 atom stereocenters. The van der Waals surface area contributed by atoms with Gasteiger partial charge in [0.15, 0.2) is 0 Å². The zero-order valence-electron chi connectivity index (χ0n) is 11.7. The molecule has 4 heteroatoms. The Kier molecular flexibility index (Phi) is 4.28. The first-order chi connectivity index (χ1) is 8.59. The van der Waals surface area contributed by atoms with E-state index in [1.807, 2.05) is 11.8 Å². The van der Waals surface area contributed by atoms with E-state index in [9.17, 15) is 4.79 Å². The van der Waals surface area contributed by atoms with Crippen molar-refractivity contribution in [3.05, 3.63) is 0 Å². The average molecular weight is 254 g/mol. The number of hydrogen-bond acceptors (Lipinski definition) is 3. The third-order valence-corrected chi connectivity index (χ3v) is 4.66. The number of morpholine rings is 1. The third kappa shape index (κ3) is 2.54. The molecule has 104 valence electrons. The van der Waals surface area contributed by atoms with Gasteiger partial charge in [-0.3, -0.25) is 4.79 Å². The number of carbonyl (C=O) groups excluding carboxylic acids is 1. The van der Waals surface area contributed by atoms with E-state index in [4.69, 9.17) is 10.5 Å². The maximum Gasteiger partial charge on any atom is 0.228 e. The van der Waals surface area contributed by atoms with Crippen LogP contribution < -0.4 is 5.73 Å². The van der Waals surface area contributed by atoms with E-state index >= 15 is 0 Å². The number of ether oxygens (including phenoxy) is 1. The first kappa shape index (κ1) is 13.8. The van der Waals surface area contributed by atoms with E-state index in [-0.39, 0.29) is 17.6 Å². The Morgan fingerprint density at radius 2 is 2.17 bits per heavy atom. The van der Waals surface area contributed by atoms with E-state index in [0.717, 1.165) is 25.8 Å². The SMILES string of the molecule is CCC1(C(=O)N2CCOC(C(C)N)C2)CCCC1. The van der Waals surface area contributed by atoms with Gasteiger partial charge in [0.2, 0.25) is 5.91 Å². The Labute approximate surface area is 110 Å². The molecule has 0 bridgehead atoms. The second-order valence-corrected chi connectivity index (χ2v) is 5.86. The Morgan fingerprint density at radius 3 is 2.72 bits per heavy atom. The van der Waals surface area contributed by atoms with Crippen LogP contribution in [-0.2, 0) is 9.53 Å². The van der Waals surface area contributed by atoms with Gasteiger partial charge >= 0.3 is 0 Å². The summed E-state index contributed by atoms with van der Waals surface area (Å²) in [6.07, 6.45) is 5.47. The fourth-order valence-electron chi connectivity index (χ4n) is 3.28. The molecular weight excluding hydrogens is 228 g/mol. The van der Waals surface area contributed by atoms with E-state index in [1.54, 1.807) is 0 Å². The molecular formula is C14H26N2O2. The van der Waals surface area contributed by atoms with Crippen LogP contribution in [0.25, 0.3) is 0 Å². The summed E-state index contributed by atoms with van der Waals surface area (Å²) in [4.78, 5) is 14.7. The van der Waals surface area contributed by atoms with Gasteiger partial charge in [0.1, 0.15) is 0 Å². The van der Waals surface area contributed by atoms with Gasteiger partial charge in [-0.15, -0.1) is 0 Å². The van der Waals surface area contributed by atoms with Crippen molar-refractivity contribution in [2.75, 3.05) is 19.7 Å². The number of nitrogens with two attached hydrogens (primary N) is 1. The summed E-state index contributed by atoms with van der Waals surface area (Å²) in [5, 5.41) is 0. The summed E-state index contributed by atoms with van der Waals surface area (Å²) in [6.45, 7) is 6.11. The lowest BCUT2D eigenvalue weighted by Gasteiger charge is -2.39. The maximum atomic E-state index is 12.8. The summed E-state index contributed by atoms with van der Waals surface area (Å²) in [7, 11) is 0. The molecule has 2 N–H and O–H groups in total. The van der Waals surface area contributed by atoms with Crippen molar-refractivity contribution in [2.24, 2.45) is 11.1 Å². The summed E-state index contributed by atoms with van der Waals surface area (Å²) in [5.41, 5.74) is 5.80. The van der Waals surface area contributed by atoms with Crippen molar-refractivity contribution in [1.82, 2.24) is 4.90 Å². The second-order valence-electron chi connectivity index (χ2n) is 5.86. The molecule has 1 heterocycles. The largest absolute Gasteiger partial charge is 0.373 e. The monoisotopic (exact) mass is 254 g/mol. The number of nitrogens with zero attached hydrogens (tertiary/aromatic N) is 1. The molecule has 0 radical (unpaired) electrons. The Balaban J connectivity index is 2.04. The lowest BCUT2D eigenvalue weighted by molar-refractivity contribution is -0.150. The molecule has 2 rings (SSSR count). The molecule has 18 heavy (non-hydrogen) atoms. The molecule has 1 saturated carbocycles. The standard InChI is InChI=1S/C14H26N2O2/c1-3-14(6-4-5-7-14)13(17)16-8-9-18-12(10-16)11(2)15/h11-12H,3-10,15H2,1-2H3. The second kappa shape index (κ2) is 5.57. The zero-order chi connectivity index (χ0) is 13.2. The van der Waals surface area contributed by atoms with Gasteiger partial charge in [0, 0.05) is 24.5 Å². The molecule has 1 aliphatic carbocycles. The van der Waals surface area contributed by atoms with Crippen LogP contribution in [0.5, 0.6) is 0 Å². The molecule has 2 unspecified atom stereocenters. The summed E-state index contributed by atoms with van der Waals surface area (Å²) in [5.74, 6) is 0.344. The molecule has 1 amide bonds. The highest BCUT2D eigenvalue weighted by Gasteiger charge is 2.43. The highest BCUT2D eigenvalue weighted by atomic mass is 16.5. The van der Waals surface area contributed by atoms with E-state index in [2.05, 4.69) is 6.92 Å². The van der Waals surface area contributed by atoms with Crippen molar-refractivity contribution in [1.29, 1.82) is 0 Å². The molecule has 1 saturated heterocycles. The number of rotatable bonds is 3. The van der Waals surface area contributed by atoms with Crippen LogP contribution in [0, 0.1) is 5.41 Å². The molecule has 0 spiro atoms.